The number of rotatable bonds is 5. The van der Waals surface area contributed by atoms with Crippen molar-refractivity contribution in [3.8, 4) is 10.6 Å². The van der Waals surface area contributed by atoms with Crippen LogP contribution in [0.15, 0.2) is 24.3 Å². The lowest BCUT2D eigenvalue weighted by Crippen LogP contribution is -2.35. The summed E-state index contributed by atoms with van der Waals surface area (Å²) >= 11 is 1.58. The standard InChI is InChI=1S/C16H19N3O2S/c1-10-6-4-5-7-13(10)16-19-11(2)14(22-16)8-18-15(21)9-17-12(3)20/h4-7H,8-9H2,1-3H3,(H,17,20)(H,18,21). The number of thiazole rings is 1. The first-order valence-corrected chi connectivity index (χ1v) is 7.82. The van der Waals surface area contributed by atoms with Gasteiger partial charge in [-0.05, 0) is 19.4 Å². The van der Waals surface area contributed by atoms with E-state index < -0.39 is 0 Å². The Balaban J connectivity index is 2.03. The predicted molar refractivity (Wildman–Crippen MR) is 87.6 cm³/mol. The lowest BCUT2D eigenvalue weighted by Gasteiger charge is -2.04. The van der Waals surface area contributed by atoms with Gasteiger partial charge in [-0.25, -0.2) is 4.98 Å². The molecule has 1 heterocycles. The van der Waals surface area contributed by atoms with E-state index in [1.54, 1.807) is 11.3 Å². The first-order valence-electron chi connectivity index (χ1n) is 7.01. The number of nitrogens with zero attached hydrogens (tertiary/aromatic N) is 1. The first kappa shape index (κ1) is 16.2. The number of benzene rings is 1. The van der Waals surface area contributed by atoms with E-state index in [4.69, 9.17) is 0 Å². The van der Waals surface area contributed by atoms with Gasteiger partial charge < -0.3 is 10.6 Å². The lowest BCUT2D eigenvalue weighted by atomic mass is 10.1. The van der Waals surface area contributed by atoms with Crippen molar-refractivity contribution in [2.45, 2.75) is 27.3 Å². The zero-order valence-electron chi connectivity index (χ0n) is 12.9. The molecule has 2 rings (SSSR count). The van der Waals surface area contributed by atoms with E-state index in [1.807, 2.05) is 25.1 Å². The Morgan fingerprint density at radius 2 is 1.91 bits per heavy atom. The van der Waals surface area contributed by atoms with Crippen molar-refractivity contribution in [2.75, 3.05) is 6.54 Å². The number of aryl methyl sites for hydroxylation is 2. The van der Waals surface area contributed by atoms with Gasteiger partial charge in [0.25, 0.3) is 0 Å². The van der Waals surface area contributed by atoms with Gasteiger partial charge in [-0.15, -0.1) is 11.3 Å². The molecule has 0 saturated carbocycles. The number of carbonyl (C=O) groups is 2. The van der Waals surface area contributed by atoms with Gasteiger partial charge in [-0.2, -0.15) is 0 Å². The molecule has 0 unspecified atom stereocenters. The molecular weight excluding hydrogens is 298 g/mol. The van der Waals surface area contributed by atoms with Crippen molar-refractivity contribution in [1.29, 1.82) is 0 Å². The van der Waals surface area contributed by atoms with Crippen LogP contribution in [0.25, 0.3) is 10.6 Å². The van der Waals surface area contributed by atoms with Crippen LogP contribution in [0.2, 0.25) is 0 Å². The molecule has 0 fully saturated rings. The van der Waals surface area contributed by atoms with Gasteiger partial charge in [-0.1, -0.05) is 24.3 Å². The molecule has 2 amide bonds. The molecule has 2 aromatic rings. The number of hydrogen-bond acceptors (Lipinski definition) is 4. The van der Waals surface area contributed by atoms with Gasteiger partial charge in [0.15, 0.2) is 0 Å². The molecule has 0 bridgehead atoms. The van der Waals surface area contributed by atoms with Crippen molar-refractivity contribution >= 4 is 23.2 Å². The highest BCUT2D eigenvalue weighted by molar-refractivity contribution is 7.15. The van der Waals surface area contributed by atoms with Gasteiger partial charge in [0, 0.05) is 17.4 Å². The van der Waals surface area contributed by atoms with Crippen molar-refractivity contribution in [3.63, 3.8) is 0 Å². The molecule has 0 radical (unpaired) electrons. The average molecular weight is 317 g/mol. The summed E-state index contributed by atoms with van der Waals surface area (Å²) in [4.78, 5) is 28.0. The fourth-order valence-corrected chi connectivity index (χ4v) is 3.06. The second-order valence-electron chi connectivity index (χ2n) is 5.03. The van der Waals surface area contributed by atoms with E-state index in [0.717, 1.165) is 21.1 Å². The summed E-state index contributed by atoms with van der Waals surface area (Å²) in [5.41, 5.74) is 3.21. The Labute approximate surface area is 133 Å². The third-order valence-electron chi connectivity index (χ3n) is 3.21. The maximum atomic E-state index is 11.6. The minimum Gasteiger partial charge on any atom is -0.350 e. The number of hydrogen-bond donors (Lipinski definition) is 2. The van der Waals surface area contributed by atoms with Crippen LogP contribution in [0, 0.1) is 13.8 Å². The highest BCUT2D eigenvalue weighted by Crippen LogP contribution is 2.29. The fraction of sp³-hybridized carbons (Fsp3) is 0.312. The first-order chi connectivity index (χ1) is 10.5. The van der Waals surface area contributed by atoms with E-state index in [-0.39, 0.29) is 18.4 Å². The molecule has 116 valence electrons. The highest BCUT2D eigenvalue weighted by Gasteiger charge is 2.12. The maximum absolute atomic E-state index is 11.6. The zero-order chi connectivity index (χ0) is 16.1. The van der Waals surface area contributed by atoms with E-state index in [2.05, 4.69) is 28.6 Å². The quantitative estimate of drug-likeness (QED) is 0.888. The molecule has 1 aromatic heterocycles. The molecule has 22 heavy (non-hydrogen) atoms. The van der Waals surface area contributed by atoms with Gasteiger partial charge >= 0.3 is 0 Å². The maximum Gasteiger partial charge on any atom is 0.239 e. The molecule has 5 nitrogen and oxygen atoms in total. The van der Waals surface area contributed by atoms with Crippen molar-refractivity contribution in [3.05, 3.63) is 40.4 Å². The second-order valence-corrected chi connectivity index (χ2v) is 6.11. The second kappa shape index (κ2) is 7.17. The Morgan fingerprint density at radius 1 is 1.18 bits per heavy atom. The molecule has 0 aliphatic rings. The number of aromatic nitrogens is 1. The number of carbonyl (C=O) groups excluding carboxylic acids is 2. The van der Waals surface area contributed by atoms with Crippen LogP contribution in [0.3, 0.4) is 0 Å². The zero-order valence-corrected chi connectivity index (χ0v) is 13.7. The summed E-state index contributed by atoms with van der Waals surface area (Å²) in [5, 5.41) is 6.22. The number of amides is 2. The van der Waals surface area contributed by atoms with Crippen LogP contribution in [-0.2, 0) is 16.1 Å². The normalized spacial score (nSPS) is 10.3. The highest BCUT2D eigenvalue weighted by atomic mass is 32.1. The van der Waals surface area contributed by atoms with Crippen LogP contribution in [0.4, 0.5) is 0 Å². The summed E-state index contributed by atoms with van der Waals surface area (Å²) < 4.78 is 0. The lowest BCUT2D eigenvalue weighted by molar-refractivity contribution is -0.125. The van der Waals surface area contributed by atoms with Gasteiger partial charge in [0.1, 0.15) is 5.01 Å². The van der Waals surface area contributed by atoms with Gasteiger partial charge in [0.05, 0.1) is 18.8 Å². The average Bonchev–Trinajstić information content (AvgIpc) is 2.84. The van der Waals surface area contributed by atoms with Crippen molar-refractivity contribution in [2.24, 2.45) is 0 Å². The van der Waals surface area contributed by atoms with Crippen molar-refractivity contribution in [1.82, 2.24) is 15.6 Å². The molecule has 2 N–H and O–H groups in total. The van der Waals surface area contributed by atoms with Crippen LogP contribution in [-0.4, -0.2) is 23.3 Å². The SMILES string of the molecule is CC(=O)NCC(=O)NCc1sc(-c2ccccc2C)nc1C. The summed E-state index contributed by atoms with van der Waals surface area (Å²) in [6.45, 7) is 5.80. The van der Waals surface area contributed by atoms with E-state index in [9.17, 15) is 9.59 Å². The minimum atomic E-state index is -0.217. The van der Waals surface area contributed by atoms with E-state index in [1.165, 1.54) is 12.5 Å². The fourth-order valence-electron chi connectivity index (χ4n) is 1.97. The number of nitrogens with one attached hydrogen (secondary N) is 2. The Bertz CT molecular complexity index is 694. The summed E-state index contributed by atoms with van der Waals surface area (Å²) in [6, 6.07) is 8.10. The van der Waals surface area contributed by atoms with Gasteiger partial charge in [-0.3, -0.25) is 9.59 Å². The third-order valence-corrected chi connectivity index (χ3v) is 4.40. The Kier molecular flexibility index (Phi) is 5.27. The predicted octanol–water partition coefficient (Wildman–Crippen LogP) is 2.18. The molecule has 6 heteroatoms. The third kappa shape index (κ3) is 4.14. The Morgan fingerprint density at radius 3 is 2.59 bits per heavy atom. The monoisotopic (exact) mass is 317 g/mol. The largest absolute Gasteiger partial charge is 0.350 e. The topological polar surface area (TPSA) is 71.1 Å². The smallest absolute Gasteiger partial charge is 0.239 e. The Hall–Kier alpha value is -2.21. The summed E-state index contributed by atoms with van der Waals surface area (Å²) in [6.07, 6.45) is 0. The molecule has 0 saturated heterocycles. The summed E-state index contributed by atoms with van der Waals surface area (Å²) in [5.74, 6) is -0.425. The van der Waals surface area contributed by atoms with E-state index >= 15 is 0 Å². The minimum absolute atomic E-state index is 0.00215. The van der Waals surface area contributed by atoms with Crippen LogP contribution in [0.5, 0.6) is 0 Å². The molecule has 0 atom stereocenters. The molecule has 0 aliphatic heterocycles. The van der Waals surface area contributed by atoms with Crippen LogP contribution < -0.4 is 10.6 Å². The molecule has 0 aliphatic carbocycles. The van der Waals surface area contributed by atoms with Gasteiger partial charge in [0.2, 0.25) is 11.8 Å². The molecule has 1 aromatic carbocycles. The van der Waals surface area contributed by atoms with E-state index in [0.29, 0.717) is 6.54 Å². The van der Waals surface area contributed by atoms with Crippen LogP contribution in [0.1, 0.15) is 23.1 Å². The molecule has 0 spiro atoms. The summed E-state index contributed by atoms with van der Waals surface area (Å²) in [7, 11) is 0. The van der Waals surface area contributed by atoms with Crippen LogP contribution >= 0.6 is 11.3 Å². The molecular formula is C16H19N3O2S. The van der Waals surface area contributed by atoms with Crippen molar-refractivity contribution < 1.29 is 9.59 Å².